The Morgan fingerprint density at radius 2 is 2.10 bits per heavy atom. The van der Waals surface area contributed by atoms with Gasteiger partial charge in [-0.05, 0) is 68.2 Å². The maximum atomic E-state index is 12.2. The lowest BCUT2D eigenvalue weighted by molar-refractivity contribution is -0.129. The van der Waals surface area contributed by atoms with Gasteiger partial charge >= 0.3 is 0 Å². The number of hydrogen-bond donors (Lipinski definition) is 0. The Morgan fingerprint density at radius 1 is 1.35 bits per heavy atom. The summed E-state index contributed by atoms with van der Waals surface area (Å²) < 4.78 is 0. The second-order valence-corrected chi connectivity index (χ2v) is 7.20. The number of benzene rings is 1. The van der Waals surface area contributed by atoms with Gasteiger partial charge in [0.2, 0.25) is 5.91 Å². The van der Waals surface area contributed by atoms with Crippen LogP contribution in [0.1, 0.15) is 37.3 Å². The Labute approximate surface area is 125 Å². The van der Waals surface area contributed by atoms with Gasteiger partial charge in [0, 0.05) is 18.0 Å². The fourth-order valence-electron chi connectivity index (χ4n) is 3.01. The van der Waals surface area contributed by atoms with Crippen molar-refractivity contribution in [2.45, 2.75) is 50.0 Å². The number of carbonyl (C=O) groups is 1. The summed E-state index contributed by atoms with van der Waals surface area (Å²) >= 11 is 1.68. The van der Waals surface area contributed by atoms with Gasteiger partial charge in [-0.15, -0.1) is 11.8 Å². The second-order valence-electron chi connectivity index (χ2n) is 6.16. The first-order valence-corrected chi connectivity index (χ1v) is 8.64. The lowest BCUT2D eigenvalue weighted by Gasteiger charge is -2.24. The van der Waals surface area contributed by atoms with Gasteiger partial charge in [0.1, 0.15) is 0 Å². The molecule has 108 valence electrons. The van der Waals surface area contributed by atoms with Gasteiger partial charge in [-0.3, -0.25) is 4.79 Å². The Balaban J connectivity index is 1.54. The van der Waals surface area contributed by atoms with Gasteiger partial charge in [0.15, 0.2) is 0 Å². The molecule has 3 rings (SSSR count). The van der Waals surface area contributed by atoms with Crippen LogP contribution in [0.25, 0.3) is 0 Å². The zero-order chi connectivity index (χ0) is 14.1. The van der Waals surface area contributed by atoms with Crippen LogP contribution in [0, 0.1) is 5.92 Å². The van der Waals surface area contributed by atoms with Crippen LogP contribution in [0.3, 0.4) is 0 Å². The average molecular weight is 289 g/mol. The molecule has 1 fully saturated rings. The zero-order valence-corrected chi connectivity index (χ0v) is 13.2. The number of hydrogen-bond acceptors (Lipinski definition) is 2. The number of thioether (sulfide) groups is 1. The largest absolute Gasteiger partial charge is 0.342 e. The van der Waals surface area contributed by atoms with E-state index in [1.165, 1.54) is 48.1 Å². The van der Waals surface area contributed by atoms with E-state index in [4.69, 9.17) is 0 Å². The molecule has 1 aromatic carbocycles. The van der Waals surface area contributed by atoms with Crippen LogP contribution in [-0.2, 0) is 17.6 Å². The van der Waals surface area contributed by atoms with E-state index in [0.29, 0.717) is 11.8 Å². The fourth-order valence-corrected chi connectivity index (χ4v) is 3.89. The molecule has 0 spiro atoms. The monoisotopic (exact) mass is 289 g/mol. The predicted molar refractivity (Wildman–Crippen MR) is 84.1 cm³/mol. The third-order valence-corrected chi connectivity index (χ3v) is 5.72. The van der Waals surface area contributed by atoms with Crippen molar-refractivity contribution in [3.8, 4) is 0 Å². The third-order valence-electron chi connectivity index (χ3n) is 4.74. The standard InChI is InChI=1S/C17H23NOS/c1-12(13-6-7-13)18(2)17(19)11-20-16-9-8-14-4-3-5-15(14)10-16/h8-10,12-13H,3-7,11H2,1-2H3. The Morgan fingerprint density at radius 3 is 2.85 bits per heavy atom. The van der Waals surface area contributed by atoms with Gasteiger partial charge in [0.05, 0.1) is 5.75 Å². The van der Waals surface area contributed by atoms with E-state index in [9.17, 15) is 4.79 Å². The summed E-state index contributed by atoms with van der Waals surface area (Å²) in [7, 11) is 1.95. The number of fused-ring (bicyclic) bond motifs is 1. The first-order valence-electron chi connectivity index (χ1n) is 7.65. The molecule has 1 amide bonds. The summed E-state index contributed by atoms with van der Waals surface area (Å²) in [5.41, 5.74) is 2.99. The second kappa shape index (κ2) is 5.80. The molecular weight excluding hydrogens is 266 g/mol. The average Bonchev–Trinajstić information content (AvgIpc) is 3.21. The maximum Gasteiger partial charge on any atom is 0.232 e. The summed E-state index contributed by atoms with van der Waals surface area (Å²) in [5, 5.41) is 0. The highest BCUT2D eigenvalue weighted by Gasteiger charge is 2.32. The van der Waals surface area contributed by atoms with E-state index in [0.717, 1.165) is 5.92 Å². The van der Waals surface area contributed by atoms with Crippen LogP contribution < -0.4 is 0 Å². The Kier molecular flexibility index (Phi) is 4.06. The molecule has 1 saturated carbocycles. The van der Waals surface area contributed by atoms with Gasteiger partial charge in [-0.2, -0.15) is 0 Å². The molecule has 0 saturated heterocycles. The summed E-state index contributed by atoms with van der Waals surface area (Å²) in [6, 6.07) is 7.10. The van der Waals surface area contributed by atoms with Gasteiger partial charge in [-0.1, -0.05) is 6.07 Å². The molecule has 1 atom stereocenters. The van der Waals surface area contributed by atoms with Crippen molar-refractivity contribution in [3.05, 3.63) is 29.3 Å². The minimum atomic E-state index is 0.259. The van der Waals surface area contributed by atoms with Crippen LogP contribution in [0.5, 0.6) is 0 Å². The summed E-state index contributed by atoms with van der Waals surface area (Å²) in [6.07, 6.45) is 6.29. The number of rotatable bonds is 5. The molecule has 1 aromatic rings. The van der Waals surface area contributed by atoms with Crippen LogP contribution in [-0.4, -0.2) is 29.6 Å². The minimum absolute atomic E-state index is 0.259. The lowest BCUT2D eigenvalue weighted by atomic mass is 10.1. The first kappa shape index (κ1) is 14.0. The predicted octanol–water partition coefficient (Wildman–Crippen LogP) is 3.52. The van der Waals surface area contributed by atoms with E-state index in [-0.39, 0.29) is 5.91 Å². The van der Waals surface area contributed by atoms with Crippen LogP contribution >= 0.6 is 11.8 Å². The van der Waals surface area contributed by atoms with E-state index >= 15 is 0 Å². The molecule has 2 aliphatic rings. The van der Waals surface area contributed by atoms with Gasteiger partial charge in [0.25, 0.3) is 0 Å². The van der Waals surface area contributed by atoms with Crippen molar-refractivity contribution in [1.29, 1.82) is 0 Å². The molecule has 0 heterocycles. The highest BCUT2D eigenvalue weighted by atomic mass is 32.2. The number of amides is 1. The minimum Gasteiger partial charge on any atom is -0.342 e. The van der Waals surface area contributed by atoms with Crippen LogP contribution in [0.15, 0.2) is 23.1 Å². The SMILES string of the molecule is CC(C1CC1)N(C)C(=O)CSc1ccc2c(c1)CCC2. The van der Waals surface area contributed by atoms with Gasteiger partial charge in [-0.25, -0.2) is 0 Å². The summed E-state index contributed by atoms with van der Waals surface area (Å²) in [4.78, 5) is 15.4. The van der Waals surface area contributed by atoms with Crippen molar-refractivity contribution < 1.29 is 4.79 Å². The number of nitrogens with zero attached hydrogens (tertiary/aromatic N) is 1. The molecule has 0 aliphatic heterocycles. The lowest BCUT2D eigenvalue weighted by Crippen LogP contribution is -2.37. The van der Waals surface area contributed by atoms with Crippen molar-refractivity contribution >= 4 is 17.7 Å². The molecular formula is C17H23NOS. The Bertz CT molecular complexity index is 510. The zero-order valence-electron chi connectivity index (χ0n) is 12.4. The van der Waals surface area contributed by atoms with Crippen LogP contribution in [0.2, 0.25) is 0 Å². The van der Waals surface area contributed by atoms with E-state index in [2.05, 4.69) is 25.1 Å². The molecule has 0 N–H and O–H groups in total. The van der Waals surface area contributed by atoms with Crippen LogP contribution in [0.4, 0.5) is 0 Å². The third kappa shape index (κ3) is 3.03. The number of carbonyl (C=O) groups excluding carboxylic acids is 1. The first-order chi connectivity index (χ1) is 9.65. The topological polar surface area (TPSA) is 20.3 Å². The number of aryl methyl sites for hydroxylation is 2. The van der Waals surface area contributed by atoms with E-state index < -0.39 is 0 Å². The van der Waals surface area contributed by atoms with Gasteiger partial charge < -0.3 is 4.90 Å². The molecule has 0 bridgehead atoms. The summed E-state index contributed by atoms with van der Waals surface area (Å²) in [5.74, 6) is 1.57. The molecule has 3 heteroatoms. The smallest absolute Gasteiger partial charge is 0.232 e. The van der Waals surface area contributed by atoms with E-state index in [1.807, 2.05) is 11.9 Å². The molecule has 0 aromatic heterocycles. The quantitative estimate of drug-likeness (QED) is 0.773. The molecule has 0 radical (unpaired) electrons. The van der Waals surface area contributed by atoms with E-state index in [1.54, 1.807) is 11.8 Å². The molecule has 2 nitrogen and oxygen atoms in total. The molecule has 20 heavy (non-hydrogen) atoms. The van der Waals surface area contributed by atoms with Crippen molar-refractivity contribution in [1.82, 2.24) is 4.90 Å². The van der Waals surface area contributed by atoms with Crippen molar-refractivity contribution in [2.75, 3.05) is 12.8 Å². The normalized spacial score (nSPS) is 18.7. The highest BCUT2D eigenvalue weighted by Crippen LogP contribution is 2.35. The molecule has 2 aliphatic carbocycles. The van der Waals surface area contributed by atoms with Crippen molar-refractivity contribution in [2.24, 2.45) is 5.92 Å². The van der Waals surface area contributed by atoms with Crippen molar-refractivity contribution in [3.63, 3.8) is 0 Å². The Hall–Kier alpha value is -0.960. The molecule has 1 unspecified atom stereocenters. The maximum absolute atomic E-state index is 12.2. The fraction of sp³-hybridized carbons (Fsp3) is 0.588. The highest BCUT2D eigenvalue weighted by molar-refractivity contribution is 8.00. The summed E-state index contributed by atoms with van der Waals surface area (Å²) in [6.45, 7) is 2.18.